The number of alkyl carbamates (subject to hydrolysis) is 1. The number of likely N-dealkylation sites (N-methyl/N-ethyl adjacent to an activating group) is 1. The summed E-state index contributed by atoms with van der Waals surface area (Å²) in [5, 5.41) is 15.8. The summed E-state index contributed by atoms with van der Waals surface area (Å²) in [6.07, 6.45) is -0.644. The number of phenolic OH excluding ortho intramolecular Hbond substituents is 1. The molecule has 3 aromatic rings. The highest BCUT2D eigenvalue weighted by Crippen LogP contribution is 2.30. The van der Waals surface area contributed by atoms with Gasteiger partial charge >= 0.3 is 6.09 Å². The third kappa shape index (κ3) is 8.49. The Labute approximate surface area is 253 Å². The number of nitrogens with zero attached hydrogens (tertiary/aromatic N) is 1. The molecule has 3 N–H and O–H groups in total. The summed E-state index contributed by atoms with van der Waals surface area (Å²) in [6, 6.07) is 15.3. The Balaban J connectivity index is 2.06. The van der Waals surface area contributed by atoms with E-state index in [2.05, 4.69) is 10.6 Å². The first-order chi connectivity index (χ1) is 19.7. The van der Waals surface area contributed by atoms with Crippen LogP contribution in [0.3, 0.4) is 0 Å². The molecule has 9 heteroatoms. The van der Waals surface area contributed by atoms with Gasteiger partial charge in [0, 0.05) is 13.0 Å². The van der Waals surface area contributed by atoms with Crippen molar-refractivity contribution in [1.82, 2.24) is 10.2 Å². The second-order valence-corrected chi connectivity index (χ2v) is 11.8. The third-order valence-corrected chi connectivity index (χ3v) is 7.18. The number of carbonyl (C=O) groups excluding carboxylic acids is 3. The van der Waals surface area contributed by atoms with E-state index in [-0.39, 0.29) is 18.7 Å². The predicted octanol–water partition coefficient (Wildman–Crippen LogP) is 6.64. The Bertz CT molecular complexity index is 1410. The van der Waals surface area contributed by atoms with E-state index in [1.807, 2.05) is 45.0 Å². The maximum atomic E-state index is 14.3. The fourth-order valence-electron chi connectivity index (χ4n) is 4.57. The van der Waals surface area contributed by atoms with Crippen LogP contribution in [0.4, 0.5) is 10.5 Å². The van der Waals surface area contributed by atoms with Crippen molar-refractivity contribution in [3.8, 4) is 5.75 Å². The molecule has 2 atom stereocenters. The molecule has 0 saturated carbocycles. The molecular weight excluding hydrogens is 554 g/mol. The number of amides is 3. The quantitative estimate of drug-likeness (QED) is 0.258. The highest BCUT2D eigenvalue weighted by molar-refractivity contribution is 6.34. The summed E-state index contributed by atoms with van der Waals surface area (Å²) in [5.74, 6) is -0.825. The number of para-hydroxylation sites is 1. The van der Waals surface area contributed by atoms with E-state index in [1.54, 1.807) is 52.0 Å². The number of hydrogen-bond donors (Lipinski definition) is 3. The highest BCUT2D eigenvalue weighted by Gasteiger charge is 2.36. The third-order valence-electron chi connectivity index (χ3n) is 6.87. The van der Waals surface area contributed by atoms with E-state index in [1.165, 1.54) is 17.0 Å². The molecule has 8 nitrogen and oxygen atoms in total. The van der Waals surface area contributed by atoms with E-state index in [9.17, 15) is 19.5 Å². The number of aryl methyl sites for hydroxylation is 3. The zero-order valence-corrected chi connectivity index (χ0v) is 26.0. The molecular formula is C33H40ClN3O5. The van der Waals surface area contributed by atoms with Gasteiger partial charge in [0.25, 0.3) is 5.91 Å². The standard InChI is InChI=1S/C33H40ClN3O5/c1-8-37(31(40)27(35-32(41)42-33(5,6)7)19-23-13-16-25(38)17-14-23)29(24-15-12-20(2)22(4)18-24)30(39)36-28-21(3)10-9-11-26(28)34/h9-18,27,29,38H,8,19H2,1-7H3,(H,35,41)(H,36,39). The van der Waals surface area contributed by atoms with Crippen LogP contribution in [0.25, 0.3) is 0 Å². The van der Waals surface area contributed by atoms with E-state index in [0.717, 1.165) is 16.7 Å². The number of aromatic hydroxyl groups is 1. The van der Waals surface area contributed by atoms with Crippen molar-refractivity contribution in [3.05, 3.63) is 93.5 Å². The second-order valence-electron chi connectivity index (χ2n) is 11.4. The minimum absolute atomic E-state index is 0.0817. The van der Waals surface area contributed by atoms with Gasteiger partial charge in [-0.2, -0.15) is 0 Å². The van der Waals surface area contributed by atoms with Gasteiger partial charge in [-0.15, -0.1) is 0 Å². The van der Waals surface area contributed by atoms with Crippen LogP contribution < -0.4 is 10.6 Å². The lowest BCUT2D eigenvalue weighted by Gasteiger charge is -2.34. The summed E-state index contributed by atoms with van der Waals surface area (Å²) >= 11 is 6.43. The lowest BCUT2D eigenvalue weighted by Crippen LogP contribution is -2.53. The predicted molar refractivity (Wildman–Crippen MR) is 166 cm³/mol. The number of carbonyl (C=O) groups is 3. The normalized spacial score (nSPS) is 12.7. The number of anilines is 1. The van der Waals surface area contributed by atoms with Gasteiger partial charge in [0.2, 0.25) is 5.91 Å². The zero-order chi connectivity index (χ0) is 31.2. The molecule has 3 rings (SSSR count). The smallest absolute Gasteiger partial charge is 0.408 e. The summed E-state index contributed by atoms with van der Waals surface area (Å²) in [5.41, 5.74) is 3.81. The minimum Gasteiger partial charge on any atom is -0.508 e. The fraction of sp³-hybridized carbons (Fsp3) is 0.364. The van der Waals surface area contributed by atoms with Gasteiger partial charge in [-0.25, -0.2) is 4.79 Å². The summed E-state index contributed by atoms with van der Waals surface area (Å²) in [4.78, 5) is 42.7. The van der Waals surface area contributed by atoms with E-state index in [4.69, 9.17) is 16.3 Å². The number of phenols is 1. The Hall–Kier alpha value is -4.04. The lowest BCUT2D eigenvalue weighted by atomic mass is 9.97. The van der Waals surface area contributed by atoms with Crippen LogP contribution in [-0.4, -0.2) is 46.1 Å². The van der Waals surface area contributed by atoms with Crippen LogP contribution >= 0.6 is 11.6 Å². The largest absolute Gasteiger partial charge is 0.508 e. The first-order valence-electron chi connectivity index (χ1n) is 13.9. The molecule has 0 radical (unpaired) electrons. The molecule has 0 aliphatic carbocycles. The van der Waals surface area contributed by atoms with Crippen molar-refractivity contribution in [2.24, 2.45) is 0 Å². The first kappa shape index (κ1) is 32.5. The average Bonchev–Trinajstić information content (AvgIpc) is 2.90. The monoisotopic (exact) mass is 593 g/mol. The van der Waals surface area contributed by atoms with Crippen LogP contribution in [0.1, 0.15) is 61.6 Å². The molecule has 0 aromatic heterocycles. The van der Waals surface area contributed by atoms with Gasteiger partial charge < -0.3 is 25.4 Å². The SMILES string of the molecule is CCN(C(=O)C(Cc1ccc(O)cc1)NC(=O)OC(C)(C)C)C(C(=O)Nc1c(C)cccc1Cl)c1ccc(C)c(C)c1. The average molecular weight is 594 g/mol. The maximum absolute atomic E-state index is 14.3. The fourth-order valence-corrected chi connectivity index (χ4v) is 4.84. The Kier molecular flexibility index (Phi) is 10.6. The van der Waals surface area contributed by atoms with Crippen molar-refractivity contribution in [1.29, 1.82) is 0 Å². The molecule has 0 spiro atoms. The van der Waals surface area contributed by atoms with Gasteiger partial charge in [-0.1, -0.05) is 54.1 Å². The van der Waals surface area contributed by atoms with Gasteiger partial charge in [-0.05, 0) is 94.5 Å². The lowest BCUT2D eigenvalue weighted by molar-refractivity contribution is -0.140. The summed E-state index contributed by atoms with van der Waals surface area (Å²) in [6.45, 7) is 12.9. The number of benzene rings is 3. The topological polar surface area (TPSA) is 108 Å². The number of halogens is 1. The van der Waals surface area contributed by atoms with Crippen LogP contribution in [-0.2, 0) is 20.7 Å². The Morgan fingerprint density at radius 3 is 2.19 bits per heavy atom. The maximum Gasteiger partial charge on any atom is 0.408 e. The van der Waals surface area contributed by atoms with Crippen LogP contribution in [0, 0.1) is 20.8 Å². The van der Waals surface area contributed by atoms with E-state index in [0.29, 0.717) is 21.8 Å². The van der Waals surface area contributed by atoms with Gasteiger partial charge in [0.1, 0.15) is 23.4 Å². The summed E-state index contributed by atoms with van der Waals surface area (Å²) < 4.78 is 5.46. The summed E-state index contributed by atoms with van der Waals surface area (Å²) in [7, 11) is 0. The van der Waals surface area contributed by atoms with Crippen molar-refractivity contribution in [2.45, 2.75) is 72.6 Å². The molecule has 2 unspecified atom stereocenters. The molecule has 224 valence electrons. The van der Waals surface area contributed by atoms with Gasteiger partial charge in [0.05, 0.1) is 10.7 Å². The number of rotatable bonds is 9. The van der Waals surface area contributed by atoms with E-state index >= 15 is 0 Å². The van der Waals surface area contributed by atoms with Crippen LogP contribution in [0.5, 0.6) is 5.75 Å². The van der Waals surface area contributed by atoms with Crippen LogP contribution in [0.2, 0.25) is 5.02 Å². The van der Waals surface area contributed by atoms with Crippen molar-refractivity contribution in [3.63, 3.8) is 0 Å². The van der Waals surface area contributed by atoms with Gasteiger partial charge in [-0.3, -0.25) is 9.59 Å². The molecule has 0 heterocycles. The minimum atomic E-state index is -1.06. The molecule has 0 aliphatic rings. The number of nitrogens with one attached hydrogen (secondary N) is 2. The Morgan fingerprint density at radius 2 is 1.62 bits per heavy atom. The highest BCUT2D eigenvalue weighted by atomic mass is 35.5. The van der Waals surface area contributed by atoms with Gasteiger partial charge in [0.15, 0.2) is 0 Å². The molecule has 3 amide bonds. The number of ether oxygens (including phenoxy) is 1. The molecule has 0 saturated heterocycles. The molecule has 0 aliphatic heterocycles. The van der Waals surface area contributed by atoms with E-state index < -0.39 is 35.6 Å². The molecule has 3 aromatic carbocycles. The van der Waals surface area contributed by atoms with Crippen molar-refractivity contribution >= 4 is 35.2 Å². The zero-order valence-electron chi connectivity index (χ0n) is 25.2. The first-order valence-corrected chi connectivity index (χ1v) is 14.3. The van der Waals surface area contributed by atoms with Crippen molar-refractivity contribution < 1.29 is 24.2 Å². The van der Waals surface area contributed by atoms with Crippen LogP contribution in [0.15, 0.2) is 60.7 Å². The molecule has 0 bridgehead atoms. The molecule has 0 fully saturated rings. The second kappa shape index (κ2) is 13.7. The Morgan fingerprint density at radius 1 is 0.952 bits per heavy atom. The molecule has 42 heavy (non-hydrogen) atoms. The number of hydrogen-bond acceptors (Lipinski definition) is 5. The van der Waals surface area contributed by atoms with Crippen molar-refractivity contribution in [2.75, 3.05) is 11.9 Å².